The molecule has 2 atom stereocenters. The van der Waals surface area contributed by atoms with Crippen LogP contribution < -0.4 is 0 Å². The van der Waals surface area contributed by atoms with Crippen LogP contribution in [0.3, 0.4) is 0 Å². The summed E-state index contributed by atoms with van der Waals surface area (Å²) in [5.41, 5.74) is -0.289. The third-order valence-electron chi connectivity index (χ3n) is 3.18. The summed E-state index contributed by atoms with van der Waals surface area (Å²) in [6.07, 6.45) is 1.90. The molecule has 1 rings (SSSR count). The van der Waals surface area contributed by atoms with E-state index in [1.165, 1.54) is 6.92 Å². The topological polar surface area (TPSA) is 34.1 Å². The maximum Gasteiger partial charge on any atom is 0.149 e. The van der Waals surface area contributed by atoms with Crippen molar-refractivity contribution in [1.29, 1.82) is 0 Å². The monoisotopic (exact) mass is 182 g/mol. The van der Waals surface area contributed by atoms with Gasteiger partial charge in [0, 0.05) is 5.41 Å². The van der Waals surface area contributed by atoms with Crippen LogP contribution in [0.1, 0.15) is 40.5 Å². The Morgan fingerprint density at radius 1 is 1.46 bits per heavy atom. The Kier molecular flexibility index (Phi) is 2.60. The zero-order chi connectivity index (χ0) is 10.2. The lowest BCUT2D eigenvalue weighted by Crippen LogP contribution is -2.42. The number of carbonyl (C=O) groups is 2. The summed E-state index contributed by atoms with van der Waals surface area (Å²) in [7, 11) is 0. The molecule has 0 saturated heterocycles. The Bertz CT molecular complexity index is 240. The number of Topliss-reactive ketones (excluding diaryl/α,β-unsaturated/α-hetero) is 2. The van der Waals surface area contributed by atoms with E-state index in [-0.39, 0.29) is 28.8 Å². The molecule has 2 heteroatoms. The van der Waals surface area contributed by atoms with Crippen molar-refractivity contribution in [3.8, 4) is 0 Å². The molecule has 0 spiro atoms. The Labute approximate surface area is 79.7 Å². The van der Waals surface area contributed by atoms with Gasteiger partial charge in [0.15, 0.2) is 0 Å². The van der Waals surface area contributed by atoms with E-state index in [2.05, 4.69) is 0 Å². The minimum Gasteiger partial charge on any atom is -0.299 e. The summed E-state index contributed by atoms with van der Waals surface area (Å²) in [6, 6.07) is 0. The lowest BCUT2D eigenvalue weighted by atomic mass is 9.65. The van der Waals surface area contributed by atoms with Gasteiger partial charge in [-0.05, 0) is 25.7 Å². The number of carbonyl (C=O) groups excluding carboxylic acids is 2. The second-order valence-electron chi connectivity index (χ2n) is 4.85. The first-order valence-corrected chi connectivity index (χ1v) is 4.91. The van der Waals surface area contributed by atoms with Crippen molar-refractivity contribution in [2.24, 2.45) is 17.3 Å². The molecule has 1 saturated carbocycles. The second-order valence-corrected chi connectivity index (χ2v) is 4.85. The fourth-order valence-corrected chi connectivity index (χ4v) is 2.14. The highest BCUT2D eigenvalue weighted by atomic mass is 16.2. The van der Waals surface area contributed by atoms with Crippen LogP contribution in [0.2, 0.25) is 0 Å². The predicted octanol–water partition coefficient (Wildman–Crippen LogP) is 2.22. The summed E-state index contributed by atoms with van der Waals surface area (Å²) in [6.45, 7) is 7.41. The van der Waals surface area contributed by atoms with Crippen LogP contribution >= 0.6 is 0 Å². The van der Waals surface area contributed by atoms with Gasteiger partial charge in [-0.1, -0.05) is 20.8 Å². The van der Waals surface area contributed by atoms with E-state index < -0.39 is 0 Å². The summed E-state index contributed by atoms with van der Waals surface area (Å²) in [4.78, 5) is 23.2. The maximum atomic E-state index is 11.9. The zero-order valence-corrected chi connectivity index (χ0v) is 8.89. The summed E-state index contributed by atoms with van der Waals surface area (Å²) in [5.74, 6) is 0.0609. The minimum absolute atomic E-state index is 0.0327. The predicted molar refractivity (Wildman–Crippen MR) is 51.4 cm³/mol. The average molecular weight is 182 g/mol. The van der Waals surface area contributed by atoms with Crippen molar-refractivity contribution < 1.29 is 9.59 Å². The Hall–Kier alpha value is -0.660. The number of hydrogen-bond donors (Lipinski definition) is 0. The summed E-state index contributed by atoms with van der Waals surface area (Å²) in [5, 5.41) is 0. The van der Waals surface area contributed by atoms with E-state index in [1.807, 2.05) is 20.8 Å². The summed E-state index contributed by atoms with van der Waals surface area (Å²) < 4.78 is 0. The molecule has 1 aliphatic rings. The van der Waals surface area contributed by atoms with Crippen molar-refractivity contribution in [2.75, 3.05) is 0 Å². The Morgan fingerprint density at radius 2 is 2.00 bits per heavy atom. The molecule has 0 aromatic rings. The summed E-state index contributed by atoms with van der Waals surface area (Å²) >= 11 is 0. The van der Waals surface area contributed by atoms with Gasteiger partial charge in [0.25, 0.3) is 0 Å². The van der Waals surface area contributed by atoms with E-state index >= 15 is 0 Å². The lowest BCUT2D eigenvalue weighted by Gasteiger charge is -2.36. The van der Waals surface area contributed by atoms with E-state index in [0.717, 1.165) is 12.8 Å². The van der Waals surface area contributed by atoms with Crippen molar-refractivity contribution in [3.05, 3.63) is 0 Å². The van der Waals surface area contributed by atoms with Crippen LogP contribution in [-0.2, 0) is 9.59 Å². The largest absolute Gasteiger partial charge is 0.299 e. The first-order valence-electron chi connectivity index (χ1n) is 4.91. The van der Waals surface area contributed by atoms with E-state index in [0.29, 0.717) is 0 Å². The van der Waals surface area contributed by atoms with Crippen molar-refractivity contribution >= 4 is 11.6 Å². The fraction of sp³-hybridized carbons (Fsp3) is 0.818. The highest BCUT2D eigenvalue weighted by Crippen LogP contribution is 2.38. The van der Waals surface area contributed by atoms with E-state index in [9.17, 15) is 9.59 Å². The lowest BCUT2D eigenvalue weighted by molar-refractivity contribution is -0.143. The molecule has 0 radical (unpaired) electrons. The van der Waals surface area contributed by atoms with Crippen molar-refractivity contribution in [1.82, 2.24) is 0 Å². The zero-order valence-electron chi connectivity index (χ0n) is 8.89. The number of rotatable bonds is 1. The van der Waals surface area contributed by atoms with E-state index in [1.54, 1.807) is 0 Å². The van der Waals surface area contributed by atoms with Gasteiger partial charge in [-0.15, -0.1) is 0 Å². The highest BCUT2D eigenvalue weighted by Gasteiger charge is 2.42. The van der Waals surface area contributed by atoms with Crippen LogP contribution in [0.5, 0.6) is 0 Å². The molecule has 74 valence electrons. The van der Waals surface area contributed by atoms with Crippen molar-refractivity contribution in [3.63, 3.8) is 0 Å². The Balaban J connectivity index is 2.92. The molecular weight excluding hydrogens is 164 g/mol. The molecule has 0 heterocycles. The molecule has 2 unspecified atom stereocenters. The van der Waals surface area contributed by atoms with Crippen LogP contribution in [0.25, 0.3) is 0 Å². The third kappa shape index (κ3) is 1.82. The van der Waals surface area contributed by atoms with Gasteiger partial charge < -0.3 is 0 Å². The molecule has 0 aromatic carbocycles. The molecular formula is C11H18O2. The van der Waals surface area contributed by atoms with Gasteiger partial charge in [-0.2, -0.15) is 0 Å². The molecule has 0 amide bonds. The van der Waals surface area contributed by atoms with Gasteiger partial charge in [-0.3, -0.25) is 9.59 Å². The quantitative estimate of drug-likeness (QED) is 0.583. The smallest absolute Gasteiger partial charge is 0.149 e. The second kappa shape index (κ2) is 3.24. The molecule has 1 aliphatic carbocycles. The van der Waals surface area contributed by atoms with Gasteiger partial charge in [0.1, 0.15) is 11.6 Å². The molecule has 0 aromatic heterocycles. The molecule has 2 nitrogen and oxygen atoms in total. The standard InChI is InChI=1S/C11H18O2/c1-7-5-6-11(3,4)10(13)9(7)8(2)12/h7,9H,5-6H2,1-4H3. The van der Waals surface area contributed by atoms with Crippen LogP contribution in [0.4, 0.5) is 0 Å². The van der Waals surface area contributed by atoms with Gasteiger partial charge in [0.05, 0.1) is 5.92 Å². The van der Waals surface area contributed by atoms with Crippen molar-refractivity contribution in [2.45, 2.75) is 40.5 Å². The Morgan fingerprint density at radius 3 is 2.38 bits per heavy atom. The third-order valence-corrected chi connectivity index (χ3v) is 3.18. The molecule has 1 fully saturated rings. The first kappa shape index (κ1) is 10.4. The van der Waals surface area contributed by atoms with Gasteiger partial charge in [0.2, 0.25) is 0 Å². The van der Waals surface area contributed by atoms with Crippen LogP contribution in [0.15, 0.2) is 0 Å². The van der Waals surface area contributed by atoms with Crippen LogP contribution in [-0.4, -0.2) is 11.6 Å². The minimum atomic E-state index is -0.344. The number of hydrogen-bond acceptors (Lipinski definition) is 2. The maximum absolute atomic E-state index is 11.9. The molecule has 13 heavy (non-hydrogen) atoms. The van der Waals surface area contributed by atoms with Gasteiger partial charge >= 0.3 is 0 Å². The average Bonchev–Trinajstić information content (AvgIpc) is 1.98. The molecule has 0 aliphatic heterocycles. The highest BCUT2D eigenvalue weighted by molar-refractivity contribution is 6.04. The molecule has 0 N–H and O–H groups in total. The van der Waals surface area contributed by atoms with Crippen LogP contribution in [0, 0.1) is 17.3 Å². The molecule has 0 bridgehead atoms. The van der Waals surface area contributed by atoms with E-state index in [4.69, 9.17) is 0 Å². The van der Waals surface area contributed by atoms with Gasteiger partial charge in [-0.25, -0.2) is 0 Å². The SMILES string of the molecule is CC(=O)C1C(=O)C(C)(C)CCC1C. The number of ketones is 2. The normalized spacial score (nSPS) is 33.1. The fourth-order valence-electron chi connectivity index (χ4n) is 2.14. The first-order chi connectivity index (χ1) is 5.86.